The first-order chi connectivity index (χ1) is 16.2. The molecule has 0 bridgehead atoms. The summed E-state index contributed by atoms with van der Waals surface area (Å²) in [7, 11) is -13.3. The average Bonchev–Trinajstić information content (AvgIpc) is 3.23. The van der Waals surface area contributed by atoms with Gasteiger partial charge in [-0.3, -0.25) is 4.57 Å². The van der Waals surface area contributed by atoms with Gasteiger partial charge in [0.2, 0.25) is 0 Å². The zero-order valence-electron chi connectivity index (χ0n) is 18.3. The molecule has 7 N–H and O–H groups in total. The number of nitrogens with zero attached hydrogens (tertiary/aromatic N) is 1. The molecule has 3 aromatic rings. The molecule has 0 radical (unpaired) electrons. The van der Waals surface area contributed by atoms with Crippen molar-refractivity contribution in [2.24, 2.45) is 0 Å². The number of phenols is 2. The van der Waals surface area contributed by atoms with Crippen LogP contribution in [0.15, 0.2) is 57.6 Å². The fourth-order valence-corrected chi connectivity index (χ4v) is 8.19. The lowest BCUT2D eigenvalue weighted by molar-refractivity contribution is -0.191. The van der Waals surface area contributed by atoms with E-state index in [1.165, 1.54) is 6.07 Å². The Kier molecular flexibility index (Phi) is 8.86. The maximum Gasteiger partial charge on any atom is 0.250 e. The van der Waals surface area contributed by atoms with E-state index in [-0.39, 0.29) is 25.7 Å². The van der Waals surface area contributed by atoms with E-state index in [4.69, 9.17) is 5.26 Å². The lowest BCUT2D eigenvalue weighted by Crippen LogP contribution is -2.28. The highest BCUT2D eigenvalue weighted by Gasteiger charge is 2.23. The van der Waals surface area contributed by atoms with Crippen molar-refractivity contribution >= 4 is 38.8 Å². The van der Waals surface area contributed by atoms with Gasteiger partial charge < -0.3 is 25.8 Å². The fourth-order valence-electron chi connectivity index (χ4n) is 2.62. The van der Waals surface area contributed by atoms with E-state index in [1.807, 2.05) is 4.72 Å². The van der Waals surface area contributed by atoms with Crippen LogP contribution in [-0.2, 0) is 30.2 Å². The Morgan fingerprint density at radius 2 is 1.78 bits per heavy atom. The van der Waals surface area contributed by atoms with Crippen molar-refractivity contribution in [1.82, 2.24) is 10.9 Å². The molecule has 0 spiro atoms. The van der Waals surface area contributed by atoms with Gasteiger partial charge in [-0.1, -0.05) is 0 Å². The molecule has 1 unspecified atom stereocenters. The topological polar surface area (TPSA) is 230 Å². The van der Waals surface area contributed by atoms with E-state index < -0.39 is 62.6 Å². The SMILES string of the molecule is N#Cc1ccc(OP(=O)([O-])CNS(=O)(=O)c2ccc(CS(=O)(=O)c3ccc(O)c(O)c3)s2)cc1F.[NH4+]. The van der Waals surface area contributed by atoms with Crippen LogP contribution >= 0.6 is 18.9 Å². The average molecular weight is 580 g/mol. The van der Waals surface area contributed by atoms with Crippen molar-refractivity contribution in [2.75, 3.05) is 6.29 Å². The van der Waals surface area contributed by atoms with E-state index in [2.05, 4.69) is 4.52 Å². The van der Waals surface area contributed by atoms with Crippen molar-refractivity contribution < 1.29 is 45.4 Å². The predicted octanol–water partition coefficient (Wildman–Crippen LogP) is 2.39. The summed E-state index contributed by atoms with van der Waals surface area (Å²) < 4.78 is 81.9. The molecular weight excluding hydrogens is 560 g/mol. The van der Waals surface area contributed by atoms with Gasteiger partial charge in [0.25, 0.3) is 10.0 Å². The van der Waals surface area contributed by atoms with Gasteiger partial charge in [0.1, 0.15) is 21.8 Å². The summed E-state index contributed by atoms with van der Waals surface area (Å²) in [5.74, 6) is -3.25. The maximum absolute atomic E-state index is 13.6. The van der Waals surface area contributed by atoms with Crippen LogP contribution in [0.1, 0.15) is 10.4 Å². The van der Waals surface area contributed by atoms with E-state index in [0.29, 0.717) is 17.4 Å². The summed E-state index contributed by atoms with van der Waals surface area (Å²) >= 11 is 0.575. The first kappa shape index (κ1) is 29.2. The fraction of sp³-hybridized carbons (Fsp3) is 0.105. The molecule has 36 heavy (non-hydrogen) atoms. The highest BCUT2D eigenvalue weighted by molar-refractivity contribution is 7.92. The zero-order chi connectivity index (χ0) is 26.0. The minimum Gasteiger partial charge on any atom is -0.768 e. The molecule has 0 saturated heterocycles. The number of benzene rings is 2. The summed E-state index contributed by atoms with van der Waals surface area (Å²) in [6.07, 6.45) is -1.19. The van der Waals surface area contributed by atoms with Gasteiger partial charge in [-0.25, -0.2) is 25.9 Å². The molecule has 1 atom stereocenters. The van der Waals surface area contributed by atoms with Crippen molar-refractivity contribution in [3.05, 3.63) is 64.8 Å². The summed E-state index contributed by atoms with van der Waals surface area (Å²) in [5, 5.41) is 27.5. The maximum atomic E-state index is 13.6. The van der Waals surface area contributed by atoms with Gasteiger partial charge in [-0.2, -0.15) is 5.26 Å². The number of nitrogens with one attached hydrogen (secondary N) is 1. The van der Waals surface area contributed by atoms with Crippen molar-refractivity contribution in [3.8, 4) is 23.3 Å². The third kappa shape index (κ3) is 7.02. The van der Waals surface area contributed by atoms with Gasteiger partial charge in [0.05, 0.1) is 22.5 Å². The van der Waals surface area contributed by atoms with E-state index >= 15 is 0 Å². The molecule has 1 aromatic heterocycles. The van der Waals surface area contributed by atoms with Gasteiger partial charge >= 0.3 is 0 Å². The largest absolute Gasteiger partial charge is 0.768 e. The van der Waals surface area contributed by atoms with E-state index in [9.17, 15) is 40.9 Å². The second-order valence-corrected chi connectivity index (χ2v) is 13.8. The Hall–Kier alpha value is -3.03. The molecule has 1 heterocycles. The second kappa shape index (κ2) is 10.9. The van der Waals surface area contributed by atoms with Crippen LogP contribution in [0.5, 0.6) is 17.2 Å². The zero-order valence-corrected chi connectivity index (χ0v) is 21.6. The van der Waals surface area contributed by atoms with E-state index in [1.54, 1.807) is 6.07 Å². The number of hydrogen-bond donors (Lipinski definition) is 4. The number of nitriles is 1. The summed E-state index contributed by atoms with van der Waals surface area (Å²) in [6.45, 7) is 0. The van der Waals surface area contributed by atoms with Crippen LogP contribution < -0.4 is 20.3 Å². The number of phenolic OH excluding ortho intramolecular Hbond substituents is 2. The first-order valence-electron chi connectivity index (χ1n) is 9.25. The third-order valence-corrected chi connectivity index (χ3v) is 10.4. The van der Waals surface area contributed by atoms with Crippen molar-refractivity contribution in [1.29, 1.82) is 5.26 Å². The summed E-state index contributed by atoms with van der Waals surface area (Å²) in [4.78, 5) is 11.9. The highest BCUT2D eigenvalue weighted by Crippen LogP contribution is 2.38. The molecule has 17 heteroatoms. The first-order valence-corrected chi connectivity index (χ1v) is 14.9. The number of hydrogen-bond acceptors (Lipinski definition) is 11. The Bertz CT molecular complexity index is 1580. The lowest BCUT2D eigenvalue weighted by Gasteiger charge is -2.24. The third-order valence-electron chi connectivity index (χ3n) is 4.29. The molecule has 0 aliphatic carbocycles. The van der Waals surface area contributed by atoms with Crippen LogP contribution in [0.3, 0.4) is 0 Å². The number of sulfone groups is 1. The normalized spacial score (nSPS) is 13.2. The quantitative estimate of drug-likeness (QED) is 0.213. The molecule has 2 aromatic carbocycles. The molecule has 0 amide bonds. The van der Waals surface area contributed by atoms with Gasteiger partial charge in [-0.05, 0) is 36.4 Å². The number of quaternary nitrogens is 1. The minimum absolute atomic E-state index is 0. The van der Waals surface area contributed by atoms with Crippen LogP contribution in [0.4, 0.5) is 4.39 Å². The number of sulfonamides is 1. The van der Waals surface area contributed by atoms with Crippen molar-refractivity contribution in [2.45, 2.75) is 14.9 Å². The summed E-state index contributed by atoms with van der Waals surface area (Å²) in [6, 6.07) is 9.46. The van der Waals surface area contributed by atoms with Gasteiger partial charge in [0.15, 0.2) is 28.9 Å². The molecule has 3 rings (SSSR count). The minimum atomic E-state index is -4.88. The smallest absolute Gasteiger partial charge is 0.250 e. The monoisotopic (exact) mass is 579 g/mol. The second-order valence-electron chi connectivity index (χ2n) is 6.89. The van der Waals surface area contributed by atoms with Crippen LogP contribution in [-0.4, -0.2) is 33.3 Å². The van der Waals surface area contributed by atoms with Crippen molar-refractivity contribution in [3.63, 3.8) is 0 Å². The standard InChI is InChI=1S/C19H16FN2O9PS3.H3N/c20-16-7-13(2-1-12(16)9-21)31-32(25,26)11-22-35(29,30)19-6-3-14(33-19)10-34(27,28)15-4-5-17(23)18(24)8-15;/h1-8,22-24H,10-11H2,(H,25,26);1H3. The Labute approximate surface area is 209 Å². The number of rotatable bonds is 9. The molecule has 12 nitrogen and oxygen atoms in total. The van der Waals surface area contributed by atoms with Gasteiger partial charge in [0, 0.05) is 17.0 Å². The molecule has 0 aliphatic rings. The number of thiophene rings is 1. The summed E-state index contributed by atoms with van der Waals surface area (Å²) in [5.41, 5.74) is -0.337. The van der Waals surface area contributed by atoms with Crippen LogP contribution in [0.25, 0.3) is 0 Å². The molecule has 0 fully saturated rings. The molecule has 194 valence electrons. The Morgan fingerprint density at radius 1 is 1.08 bits per heavy atom. The molecule has 0 saturated carbocycles. The lowest BCUT2D eigenvalue weighted by atomic mass is 10.2. The highest BCUT2D eigenvalue weighted by atomic mass is 32.2. The van der Waals surface area contributed by atoms with Crippen LogP contribution in [0.2, 0.25) is 0 Å². The van der Waals surface area contributed by atoms with E-state index in [0.717, 1.165) is 36.4 Å². The predicted molar refractivity (Wildman–Crippen MR) is 126 cm³/mol. The Morgan fingerprint density at radius 3 is 2.39 bits per heavy atom. The molecular formula is C19H19FN3O9PS3. The Balaban J connectivity index is 0.00000456. The number of halogens is 1. The number of aromatic hydroxyl groups is 2. The molecule has 0 aliphatic heterocycles. The van der Waals surface area contributed by atoms with Crippen LogP contribution in [0, 0.1) is 17.1 Å². The van der Waals surface area contributed by atoms with Gasteiger partial charge in [-0.15, -0.1) is 11.3 Å².